The monoisotopic (exact) mass is 375 g/mol. The number of ether oxygens (including phenoxy) is 1. The maximum absolute atomic E-state index is 11.4. The second kappa shape index (κ2) is 14.3. The van der Waals surface area contributed by atoms with Gasteiger partial charge in [-0.3, -0.25) is 0 Å². The van der Waals surface area contributed by atoms with Crippen LogP contribution < -0.4 is 5.32 Å². The summed E-state index contributed by atoms with van der Waals surface area (Å²) in [5, 5.41) is 11.8. The van der Waals surface area contributed by atoms with E-state index in [-0.39, 0.29) is 12.0 Å². The average Bonchev–Trinajstić information content (AvgIpc) is 2.66. The number of hydrogen-bond acceptors (Lipinski definition) is 3. The van der Waals surface area contributed by atoms with Gasteiger partial charge in [-0.1, -0.05) is 68.4 Å². The van der Waals surface area contributed by atoms with Gasteiger partial charge in [0.1, 0.15) is 6.61 Å². The molecule has 0 aromatic rings. The van der Waals surface area contributed by atoms with Crippen molar-refractivity contribution >= 4 is 6.09 Å². The fourth-order valence-electron chi connectivity index (χ4n) is 2.87. The van der Waals surface area contributed by atoms with Crippen LogP contribution >= 0.6 is 0 Å². The molecule has 2 N–H and O–H groups in total. The molecule has 1 amide bonds. The zero-order valence-electron chi connectivity index (χ0n) is 17.0. The number of alkyl carbamates (subject to hydrolysis) is 1. The van der Waals surface area contributed by atoms with Crippen molar-refractivity contribution in [1.29, 1.82) is 0 Å². The van der Waals surface area contributed by atoms with Gasteiger partial charge in [-0.25, -0.2) is 4.79 Å². The normalized spacial score (nSPS) is 16.9. The quantitative estimate of drug-likeness (QED) is 0.332. The smallest absolute Gasteiger partial charge is 0.407 e. The van der Waals surface area contributed by atoms with E-state index in [2.05, 4.69) is 60.8 Å². The van der Waals surface area contributed by atoms with Gasteiger partial charge in [0.2, 0.25) is 0 Å². The van der Waals surface area contributed by atoms with Gasteiger partial charge in [0, 0.05) is 12.0 Å². The van der Waals surface area contributed by atoms with Crippen molar-refractivity contribution in [2.24, 2.45) is 5.41 Å². The first-order valence-electron chi connectivity index (χ1n) is 10.4. The van der Waals surface area contributed by atoms with Gasteiger partial charge in [0.05, 0.1) is 6.10 Å². The lowest BCUT2D eigenvalue weighted by molar-refractivity contribution is 0.0780. The fraction of sp³-hybridized carbons (Fsp3) is 0.609. The zero-order valence-corrected chi connectivity index (χ0v) is 17.0. The summed E-state index contributed by atoms with van der Waals surface area (Å²) in [7, 11) is 0. The molecule has 0 aromatic heterocycles. The maximum atomic E-state index is 11.4. The number of aliphatic hydroxyl groups is 1. The van der Waals surface area contributed by atoms with Crippen molar-refractivity contribution in [2.45, 2.75) is 71.3 Å². The first kappa shape index (κ1) is 23.2. The molecule has 1 aliphatic rings. The van der Waals surface area contributed by atoms with Crippen LogP contribution in [0.25, 0.3) is 0 Å². The Morgan fingerprint density at radius 3 is 2.37 bits per heavy atom. The number of amides is 1. The minimum absolute atomic E-state index is 0.0314. The Bertz CT molecular complexity index is 506. The summed E-state index contributed by atoms with van der Waals surface area (Å²) in [6.45, 7) is 4.44. The highest BCUT2D eigenvalue weighted by molar-refractivity contribution is 5.67. The molecule has 0 saturated carbocycles. The number of rotatable bonds is 13. The van der Waals surface area contributed by atoms with Crippen molar-refractivity contribution in [1.82, 2.24) is 5.32 Å². The van der Waals surface area contributed by atoms with E-state index >= 15 is 0 Å². The molecule has 0 aliphatic heterocycles. The molecule has 1 rings (SSSR count). The highest BCUT2D eigenvalue weighted by Crippen LogP contribution is 2.29. The van der Waals surface area contributed by atoms with Gasteiger partial charge in [0.25, 0.3) is 0 Å². The Morgan fingerprint density at radius 1 is 1.15 bits per heavy atom. The molecular formula is C23H37NO3. The Balaban J connectivity index is 2.28. The molecule has 0 heterocycles. The molecule has 0 fully saturated rings. The van der Waals surface area contributed by atoms with Crippen LogP contribution in [0.1, 0.15) is 65.2 Å². The number of aliphatic hydroxyl groups excluding tert-OH is 1. The van der Waals surface area contributed by atoms with Crippen LogP contribution in [-0.4, -0.2) is 30.5 Å². The summed E-state index contributed by atoms with van der Waals surface area (Å²) in [5.74, 6) is 0. The molecular weight excluding hydrogens is 338 g/mol. The summed E-state index contributed by atoms with van der Waals surface area (Å²) < 4.78 is 4.85. The van der Waals surface area contributed by atoms with Crippen molar-refractivity contribution in [3.8, 4) is 0 Å². The number of carbonyl (C=O) groups excluding carboxylic acids is 1. The Morgan fingerprint density at radius 2 is 1.78 bits per heavy atom. The van der Waals surface area contributed by atoms with E-state index in [1.165, 1.54) is 19.3 Å². The third kappa shape index (κ3) is 11.5. The van der Waals surface area contributed by atoms with E-state index in [0.29, 0.717) is 6.54 Å². The number of nitrogens with one attached hydrogen (secondary N) is 1. The molecule has 0 unspecified atom stereocenters. The Hall–Kier alpha value is -1.81. The lowest BCUT2D eigenvalue weighted by atomic mass is 9.82. The van der Waals surface area contributed by atoms with Crippen molar-refractivity contribution < 1.29 is 14.6 Å². The van der Waals surface area contributed by atoms with E-state index in [9.17, 15) is 4.79 Å². The van der Waals surface area contributed by atoms with Crippen LogP contribution in [0.2, 0.25) is 0 Å². The predicted octanol–water partition coefficient (Wildman–Crippen LogP) is 5.46. The first-order valence-corrected chi connectivity index (χ1v) is 10.4. The molecule has 0 saturated heterocycles. The average molecular weight is 376 g/mol. The summed E-state index contributed by atoms with van der Waals surface area (Å²) in [4.78, 5) is 11.4. The predicted molar refractivity (Wildman–Crippen MR) is 113 cm³/mol. The summed E-state index contributed by atoms with van der Waals surface area (Å²) in [6, 6.07) is 0. The third-order valence-corrected chi connectivity index (χ3v) is 4.40. The molecule has 0 aromatic carbocycles. The minimum Gasteiger partial charge on any atom is -0.447 e. The van der Waals surface area contributed by atoms with Crippen molar-refractivity contribution in [3.05, 3.63) is 48.6 Å². The van der Waals surface area contributed by atoms with Gasteiger partial charge in [0.15, 0.2) is 0 Å². The van der Waals surface area contributed by atoms with Crippen LogP contribution in [0, 0.1) is 5.41 Å². The van der Waals surface area contributed by atoms with E-state index in [1.54, 1.807) is 6.92 Å². The molecule has 0 bridgehead atoms. The highest BCUT2D eigenvalue weighted by Gasteiger charge is 2.17. The number of unbranched alkanes of at least 4 members (excludes halogenated alkanes) is 5. The van der Waals surface area contributed by atoms with E-state index in [1.807, 2.05) is 0 Å². The Labute approximate surface area is 165 Å². The van der Waals surface area contributed by atoms with Crippen molar-refractivity contribution in [3.63, 3.8) is 0 Å². The Kier molecular flexibility index (Phi) is 12.3. The van der Waals surface area contributed by atoms with Crippen LogP contribution in [0.15, 0.2) is 48.6 Å². The SMILES string of the molecule is CCCCCC=CC1(C=CCCCCNC(=O)OC[C@H](C)O)C=CCC=C1. The zero-order chi connectivity index (χ0) is 19.8. The molecule has 0 radical (unpaired) electrons. The van der Waals surface area contributed by atoms with Crippen molar-refractivity contribution in [2.75, 3.05) is 13.2 Å². The molecule has 152 valence electrons. The summed E-state index contributed by atoms with van der Waals surface area (Å²) in [5.41, 5.74) is -0.0759. The molecule has 0 spiro atoms. The topological polar surface area (TPSA) is 58.6 Å². The van der Waals surface area contributed by atoms with Crippen LogP contribution in [0.4, 0.5) is 4.79 Å². The first-order chi connectivity index (χ1) is 13.1. The lowest BCUT2D eigenvalue weighted by Crippen LogP contribution is -2.27. The largest absolute Gasteiger partial charge is 0.447 e. The minimum atomic E-state index is -0.628. The van der Waals surface area contributed by atoms with Gasteiger partial charge in [-0.15, -0.1) is 0 Å². The molecule has 4 nitrogen and oxygen atoms in total. The second-order valence-corrected chi connectivity index (χ2v) is 7.21. The maximum Gasteiger partial charge on any atom is 0.407 e. The molecule has 27 heavy (non-hydrogen) atoms. The van der Waals surface area contributed by atoms with Gasteiger partial charge < -0.3 is 15.2 Å². The standard InChI is InChI=1S/C23H37NO3/c1-3-4-5-6-10-15-23(17-12-9-13-18-23)16-11-7-8-14-19-24-22(26)27-20-21(2)25/h10-13,15-18,21,25H,3-9,14,19-20H2,1-2H3,(H,24,26)/t21-/m0/s1. The number of allylic oxidation sites excluding steroid dienone is 8. The summed E-state index contributed by atoms with van der Waals surface area (Å²) >= 11 is 0. The van der Waals surface area contributed by atoms with Crippen LogP contribution in [0.3, 0.4) is 0 Å². The van der Waals surface area contributed by atoms with E-state index < -0.39 is 12.2 Å². The molecule has 4 heteroatoms. The van der Waals surface area contributed by atoms with Crippen LogP contribution in [0.5, 0.6) is 0 Å². The highest BCUT2D eigenvalue weighted by atomic mass is 16.6. The van der Waals surface area contributed by atoms with E-state index in [4.69, 9.17) is 9.84 Å². The lowest BCUT2D eigenvalue weighted by Gasteiger charge is -2.22. The third-order valence-electron chi connectivity index (χ3n) is 4.40. The van der Waals surface area contributed by atoms with E-state index in [0.717, 1.165) is 32.1 Å². The van der Waals surface area contributed by atoms with Gasteiger partial charge in [-0.2, -0.15) is 0 Å². The molecule has 1 aliphatic carbocycles. The number of hydrogen-bond donors (Lipinski definition) is 2. The molecule has 1 atom stereocenters. The summed E-state index contributed by atoms with van der Waals surface area (Å²) in [6.07, 6.45) is 25.9. The fourth-order valence-corrected chi connectivity index (χ4v) is 2.87. The second-order valence-electron chi connectivity index (χ2n) is 7.21. The van der Waals surface area contributed by atoms with Crippen LogP contribution in [-0.2, 0) is 4.74 Å². The van der Waals surface area contributed by atoms with Gasteiger partial charge >= 0.3 is 6.09 Å². The number of carbonyl (C=O) groups is 1. The van der Waals surface area contributed by atoms with Gasteiger partial charge in [-0.05, 0) is 45.4 Å².